The topological polar surface area (TPSA) is 198 Å². The number of carboxylic acid groups (broad SMARTS) is 1. The number of carbonyl (C=O) groups is 7. The Bertz CT molecular complexity index is 1210. The first-order chi connectivity index (χ1) is 19.3. The van der Waals surface area contributed by atoms with E-state index in [9.17, 15) is 38.7 Å². The van der Waals surface area contributed by atoms with Gasteiger partial charge in [-0.15, -0.1) is 0 Å². The quantitative estimate of drug-likeness (QED) is 0.250. The maximum absolute atomic E-state index is 12.6. The summed E-state index contributed by atoms with van der Waals surface area (Å²) in [7, 11) is 0. The SMILES string of the molecule is CC(=O)OC[C@H]1O[C@H](c2ccccc2C(OC(=O)O)N2C(=O)CCC2=O)[C@H](OC(C)=O)[C@@H](OC(C)=O)[C@H]1OC(C)=O. The van der Waals surface area contributed by atoms with E-state index in [1.807, 2.05) is 0 Å². The van der Waals surface area contributed by atoms with Gasteiger partial charge in [-0.2, -0.15) is 0 Å². The number of carbonyl (C=O) groups excluding carboxylic acids is 6. The van der Waals surface area contributed by atoms with Crippen LogP contribution in [0.15, 0.2) is 24.3 Å². The predicted molar refractivity (Wildman–Crippen MR) is 130 cm³/mol. The van der Waals surface area contributed by atoms with Gasteiger partial charge >= 0.3 is 30.0 Å². The Balaban J connectivity index is 2.21. The standard InChI is InChI=1S/C26H29NO14/c1-12(28)36-11-18-22(37-13(2)29)24(39-15(4)31)23(38-14(3)30)21(40-18)16-7-5-6-8-17(16)25(41-26(34)35)27-19(32)9-10-20(27)33/h5-8,18,21-25H,9-11H2,1-4H3,(H,34,35)/t18-,21-,22+,23+,24+,25?/m1/s1. The summed E-state index contributed by atoms with van der Waals surface area (Å²) < 4.78 is 32.5. The van der Waals surface area contributed by atoms with Gasteiger partial charge in [0.05, 0.1) is 0 Å². The summed E-state index contributed by atoms with van der Waals surface area (Å²) in [4.78, 5) is 85.4. The van der Waals surface area contributed by atoms with Gasteiger partial charge in [0, 0.05) is 46.1 Å². The van der Waals surface area contributed by atoms with Crippen LogP contribution in [0.2, 0.25) is 0 Å². The molecule has 1 N–H and O–H groups in total. The molecule has 2 saturated heterocycles. The van der Waals surface area contributed by atoms with Crippen LogP contribution >= 0.6 is 0 Å². The molecule has 0 spiro atoms. The van der Waals surface area contributed by atoms with Gasteiger partial charge in [0.2, 0.25) is 18.0 Å². The lowest BCUT2D eigenvalue weighted by atomic mass is 9.88. The smallest absolute Gasteiger partial charge is 0.463 e. The molecule has 1 aromatic rings. The lowest BCUT2D eigenvalue weighted by Gasteiger charge is -2.45. The average Bonchev–Trinajstić information content (AvgIpc) is 3.20. The van der Waals surface area contributed by atoms with Gasteiger partial charge in [-0.05, 0) is 5.56 Å². The minimum Gasteiger partial charge on any atom is -0.463 e. The van der Waals surface area contributed by atoms with Gasteiger partial charge in [0.25, 0.3) is 0 Å². The lowest BCUT2D eigenvalue weighted by Crippen LogP contribution is -2.59. The molecule has 1 aromatic carbocycles. The number of imide groups is 1. The van der Waals surface area contributed by atoms with Gasteiger partial charge in [-0.1, -0.05) is 24.3 Å². The van der Waals surface area contributed by atoms with E-state index >= 15 is 0 Å². The molecule has 2 aliphatic heterocycles. The number of amides is 2. The predicted octanol–water partition coefficient (Wildman–Crippen LogP) is 1.33. The Morgan fingerprint density at radius 2 is 1.39 bits per heavy atom. The van der Waals surface area contributed by atoms with Gasteiger partial charge in [-0.25, -0.2) is 9.69 Å². The number of hydrogen-bond donors (Lipinski definition) is 1. The van der Waals surface area contributed by atoms with Crippen LogP contribution in [0.1, 0.15) is 64.0 Å². The van der Waals surface area contributed by atoms with E-state index in [2.05, 4.69) is 0 Å². The van der Waals surface area contributed by atoms with Crippen molar-refractivity contribution in [1.82, 2.24) is 4.90 Å². The summed E-state index contributed by atoms with van der Waals surface area (Å²) >= 11 is 0. The number of likely N-dealkylation sites (tertiary alicyclic amines) is 1. The van der Waals surface area contributed by atoms with E-state index in [4.69, 9.17) is 28.4 Å². The molecule has 41 heavy (non-hydrogen) atoms. The fourth-order valence-corrected chi connectivity index (χ4v) is 4.68. The first-order valence-electron chi connectivity index (χ1n) is 12.4. The minimum absolute atomic E-state index is 0.0283. The molecular formula is C26H29NO14. The van der Waals surface area contributed by atoms with Crippen molar-refractivity contribution in [2.75, 3.05) is 6.61 Å². The number of hydrogen-bond acceptors (Lipinski definition) is 13. The molecule has 2 heterocycles. The van der Waals surface area contributed by atoms with Crippen molar-refractivity contribution in [3.05, 3.63) is 35.4 Å². The normalized spacial score (nSPS) is 24.7. The third-order valence-corrected chi connectivity index (χ3v) is 6.10. The molecule has 0 aromatic heterocycles. The molecule has 1 unspecified atom stereocenters. The summed E-state index contributed by atoms with van der Waals surface area (Å²) in [6.45, 7) is 3.84. The van der Waals surface area contributed by atoms with Crippen molar-refractivity contribution in [3.63, 3.8) is 0 Å². The Kier molecular flexibility index (Phi) is 9.99. The van der Waals surface area contributed by atoms with Crippen molar-refractivity contribution >= 4 is 41.8 Å². The van der Waals surface area contributed by atoms with Crippen molar-refractivity contribution in [2.24, 2.45) is 0 Å². The average molecular weight is 580 g/mol. The van der Waals surface area contributed by atoms with Crippen LogP contribution in [0.4, 0.5) is 4.79 Å². The number of benzene rings is 1. The fourth-order valence-electron chi connectivity index (χ4n) is 4.68. The highest BCUT2D eigenvalue weighted by molar-refractivity contribution is 6.02. The molecule has 0 aliphatic carbocycles. The highest BCUT2D eigenvalue weighted by atomic mass is 16.7. The van der Waals surface area contributed by atoms with E-state index in [-0.39, 0.29) is 24.0 Å². The largest absolute Gasteiger partial charge is 0.507 e. The van der Waals surface area contributed by atoms with Crippen LogP contribution in [-0.2, 0) is 57.2 Å². The van der Waals surface area contributed by atoms with E-state index in [1.165, 1.54) is 24.3 Å². The molecule has 2 amide bonds. The molecule has 6 atom stereocenters. The molecule has 0 radical (unpaired) electrons. The summed E-state index contributed by atoms with van der Waals surface area (Å²) in [6, 6.07) is 5.79. The number of esters is 4. The fraction of sp³-hybridized carbons (Fsp3) is 0.500. The van der Waals surface area contributed by atoms with E-state index in [1.54, 1.807) is 0 Å². The van der Waals surface area contributed by atoms with Crippen LogP contribution in [0, 0.1) is 0 Å². The zero-order valence-electron chi connectivity index (χ0n) is 22.6. The molecule has 0 bridgehead atoms. The second-order valence-electron chi connectivity index (χ2n) is 9.14. The highest BCUT2D eigenvalue weighted by Gasteiger charge is 2.53. The highest BCUT2D eigenvalue weighted by Crippen LogP contribution is 2.41. The second-order valence-corrected chi connectivity index (χ2v) is 9.14. The number of rotatable bonds is 9. The molecule has 222 valence electrons. The molecule has 2 aliphatic rings. The van der Waals surface area contributed by atoms with Crippen LogP contribution in [0.25, 0.3) is 0 Å². The van der Waals surface area contributed by atoms with Crippen LogP contribution in [-0.4, -0.2) is 82.9 Å². The second kappa shape index (κ2) is 13.2. The first kappa shape index (κ1) is 31.0. The summed E-state index contributed by atoms with van der Waals surface area (Å²) in [6.07, 6.45) is -11.0. The third-order valence-electron chi connectivity index (χ3n) is 6.10. The van der Waals surface area contributed by atoms with Crippen molar-refractivity contribution in [1.29, 1.82) is 0 Å². The molecule has 0 saturated carbocycles. The Hall–Kier alpha value is -4.53. The lowest BCUT2D eigenvalue weighted by molar-refractivity contribution is -0.254. The first-order valence-corrected chi connectivity index (χ1v) is 12.4. The van der Waals surface area contributed by atoms with Crippen LogP contribution < -0.4 is 0 Å². The third kappa shape index (κ3) is 7.57. The Morgan fingerprint density at radius 3 is 1.93 bits per heavy atom. The van der Waals surface area contributed by atoms with Crippen LogP contribution in [0.3, 0.4) is 0 Å². The molecular weight excluding hydrogens is 550 g/mol. The Morgan fingerprint density at radius 1 is 0.854 bits per heavy atom. The summed E-state index contributed by atoms with van der Waals surface area (Å²) in [5, 5.41) is 9.45. The maximum Gasteiger partial charge on any atom is 0.507 e. The van der Waals surface area contributed by atoms with Gasteiger partial charge in [0.15, 0.2) is 18.3 Å². The summed E-state index contributed by atoms with van der Waals surface area (Å²) in [5.41, 5.74) is 0.0446. The molecule has 3 rings (SSSR count). The minimum atomic E-state index is -1.79. The van der Waals surface area contributed by atoms with Crippen molar-refractivity contribution in [3.8, 4) is 0 Å². The maximum atomic E-state index is 12.6. The van der Waals surface area contributed by atoms with E-state index in [0.717, 1.165) is 27.7 Å². The summed E-state index contributed by atoms with van der Waals surface area (Å²) in [5.74, 6) is -4.58. The zero-order valence-corrected chi connectivity index (χ0v) is 22.6. The Labute approximate surface area is 233 Å². The van der Waals surface area contributed by atoms with Crippen molar-refractivity contribution in [2.45, 2.75) is 77.3 Å². The van der Waals surface area contributed by atoms with Crippen LogP contribution in [0.5, 0.6) is 0 Å². The number of nitrogens with zero attached hydrogens (tertiary/aromatic N) is 1. The molecule has 2 fully saturated rings. The molecule has 15 nitrogen and oxygen atoms in total. The van der Waals surface area contributed by atoms with Crippen molar-refractivity contribution < 1.29 is 67.1 Å². The van der Waals surface area contributed by atoms with Gasteiger partial charge in [-0.3, -0.25) is 28.8 Å². The van der Waals surface area contributed by atoms with E-state index < -0.39 is 85.2 Å². The monoisotopic (exact) mass is 579 g/mol. The molecule has 15 heteroatoms. The number of ether oxygens (including phenoxy) is 6. The van der Waals surface area contributed by atoms with Gasteiger partial charge < -0.3 is 33.5 Å². The zero-order chi connectivity index (χ0) is 30.4. The van der Waals surface area contributed by atoms with Gasteiger partial charge in [0.1, 0.15) is 18.8 Å². The van der Waals surface area contributed by atoms with E-state index in [0.29, 0.717) is 4.90 Å².